The molecule has 1 N–H and O–H groups in total. The number of carbonyl (C=O) groups excluding carboxylic acids is 3. The van der Waals surface area contributed by atoms with Crippen LogP contribution in [0.25, 0.3) is 0 Å². The Morgan fingerprint density at radius 1 is 1.07 bits per heavy atom. The minimum atomic E-state index is -0.160. The third-order valence-electron chi connectivity index (χ3n) is 5.41. The van der Waals surface area contributed by atoms with Crippen molar-refractivity contribution in [2.24, 2.45) is 5.92 Å². The van der Waals surface area contributed by atoms with Crippen molar-refractivity contribution in [3.8, 4) is 0 Å². The van der Waals surface area contributed by atoms with Crippen LogP contribution in [-0.4, -0.2) is 66.9 Å². The smallest absolute Gasteiger partial charge is 0.309 e. The second-order valence-corrected chi connectivity index (χ2v) is 7.34. The van der Waals surface area contributed by atoms with E-state index in [4.69, 9.17) is 4.74 Å². The van der Waals surface area contributed by atoms with Crippen molar-refractivity contribution in [1.29, 1.82) is 0 Å². The van der Waals surface area contributed by atoms with Gasteiger partial charge >= 0.3 is 5.97 Å². The maximum Gasteiger partial charge on any atom is 0.309 e. The lowest BCUT2D eigenvalue weighted by Gasteiger charge is -2.31. The minimum absolute atomic E-state index is 0.00131. The van der Waals surface area contributed by atoms with E-state index in [2.05, 4.69) is 5.32 Å². The number of hydrogen-bond donors (Lipinski definition) is 1. The largest absolute Gasteiger partial charge is 0.466 e. The zero-order chi connectivity index (χ0) is 19.9. The van der Waals surface area contributed by atoms with Crippen LogP contribution in [0.4, 0.5) is 5.69 Å². The Balaban J connectivity index is 1.48. The normalized spacial score (nSPS) is 17.5. The molecule has 2 amide bonds. The number of anilines is 1. The van der Waals surface area contributed by atoms with E-state index in [1.54, 1.807) is 17.9 Å². The van der Waals surface area contributed by atoms with Crippen molar-refractivity contribution in [2.45, 2.75) is 32.6 Å². The lowest BCUT2D eigenvalue weighted by molar-refractivity contribution is -0.151. The fourth-order valence-corrected chi connectivity index (χ4v) is 3.78. The van der Waals surface area contributed by atoms with Crippen LogP contribution < -0.4 is 5.32 Å². The Morgan fingerprint density at radius 3 is 2.46 bits per heavy atom. The highest BCUT2D eigenvalue weighted by Crippen LogP contribution is 2.19. The van der Waals surface area contributed by atoms with Gasteiger partial charge in [0.1, 0.15) is 0 Å². The van der Waals surface area contributed by atoms with Gasteiger partial charge in [-0.15, -0.1) is 0 Å². The molecule has 2 heterocycles. The number of nitrogens with zero attached hydrogens (tertiary/aromatic N) is 2. The van der Waals surface area contributed by atoms with Crippen molar-refractivity contribution in [3.63, 3.8) is 0 Å². The molecule has 1 aromatic carbocycles. The summed E-state index contributed by atoms with van der Waals surface area (Å²) in [4.78, 5) is 40.4. The molecule has 0 radical (unpaired) electrons. The number of nitrogens with one attached hydrogen (secondary N) is 1. The van der Waals surface area contributed by atoms with E-state index < -0.39 is 0 Å². The highest BCUT2D eigenvalue weighted by atomic mass is 16.5. The Morgan fingerprint density at radius 2 is 1.79 bits per heavy atom. The summed E-state index contributed by atoms with van der Waals surface area (Å²) in [6, 6.07) is 7.32. The molecule has 0 bridgehead atoms. The summed E-state index contributed by atoms with van der Waals surface area (Å²) in [7, 11) is 0. The molecule has 28 heavy (non-hydrogen) atoms. The molecule has 152 valence electrons. The zero-order valence-electron chi connectivity index (χ0n) is 16.5. The van der Waals surface area contributed by atoms with Gasteiger partial charge in [-0.2, -0.15) is 0 Å². The first-order valence-electron chi connectivity index (χ1n) is 10.2. The predicted molar refractivity (Wildman–Crippen MR) is 106 cm³/mol. The van der Waals surface area contributed by atoms with Gasteiger partial charge in [0, 0.05) is 37.4 Å². The predicted octanol–water partition coefficient (Wildman–Crippen LogP) is 2.14. The van der Waals surface area contributed by atoms with Gasteiger partial charge in [0.2, 0.25) is 5.91 Å². The molecule has 0 aliphatic carbocycles. The second-order valence-electron chi connectivity index (χ2n) is 7.34. The molecule has 0 atom stereocenters. The molecular formula is C21H29N3O4. The van der Waals surface area contributed by atoms with E-state index in [9.17, 15) is 14.4 Å². The Labute approximate surface area is 166 Å². The number of rotatable bonds is 6. The van der Waals surface area contributed by atoms with Gasteiger partial charge in [-0.3, -0.25) is 14.4 Å². The van der Waals surface area contributed by atoms with E-state index in [-0.39, 0.29) is 30.2 Å². The summed E-state index contributed by atoms with van der Waals surface area (Å²) in [6.45, 7) is 5.13. The summed E-state index contributed by atoms with van der Waals surface area (Å²) < 4.78 is 5.06. The van der Waals surface area contributed by atoms with Crippen molar-refractivity contribution in [2.75, 3.05) is 44.6 Å². The molecule has 0 spiro atoms. The fraction of sp³-hybridized carbons (Fsp3) is 0.571. The molecule has 1 aromatic rings. The lowest BCUT2D eigenvalue weighted by Crippen LogP contribution is -2.43. The molecule has 0 saturated carbocycles. The van der Waals surface area contributed by atoms with Crippen LogP contribution in [0.3, 0.4) is 0 Å². The SMILES string of the molecule is CCOC(=O)C1CCN(C(=O)CNc2cccc(C(=O)N3CCCC3)c2)CC1. The molecule has 0 unspecified atom stereocenters. The van der Waals surface area contributed by atoms with Crippen LogP contribution in [0.2, 0.25) is 0 Å². The zero-order valence-corrected chi connectivity index (χ0v) is 16.5. The van der Waals surface area contributed by atoms with Crippen molar-refractivity contribution < 1.29 is 19.1 Å². The van der Waals surface area contributed by atoms with E-state index in [0.29, 0.717) is 38.1 Å². The average molecular weight is 387 g/mol. The number of amides is 2. The van der Waals surface area contributed by atoms with Crippen molar-refractivity contribution in [1.82, 2.24) is 9.80 Å². The summed E-state index contributed by atoms with van der Waals surface area (Å²) in [5.41, 5.74) is 1.41. The second kappa shape index (κ2) is 9.57. The van der Waals surface area contributed by atoms with Gasteiger partial charge < -0.3 is 19.9 Å². The first kappa shape index (κ1) is 20.2. The summed E-state index contributed by atoms with van der Waals surface area (Å²) in [5, 5.41) is 3.13. The Hall–Kier alpha value is -2.57. The van der Waals surface area contributed by atoms with Crippen LogP contribution in [0.15, 0.2) is 24.3 Å². The number of likely N-dealkylation sites (tertiary alicyclic amines) is 2. The van der Waals surface area contributed by atoms with Crippen molar-refractivity contribution in [3.05, 3.63) is 29.8 Å². The molecule has 2 aliphatic rings. The monoisotopic (exact) mass is 387 g/mol. The highest BCUT2D eigenvalue weighted by Gasteiger charge is 2.28. The van der Waals surface area contributed by atoms with Gasteiger partial charge in [0.25, 0.3) is 5.91 Å². The molecule has 2 saturated heterocycles. The highest BCUT2D eigenvalue weighted by molar-refractivity contribution is 5.95. The average Bonchev–Trinajstić information content (AvgIpc) is 3.27. The number of esters is 1. The number of benzene rings is 1. The third kappa shape index (κ3) is 5.03. The molecule has 3 rings (SSSR count). The van der Waals surface area contributed by atoms with Crippen LogP contribution in [0.1, 0.15) is 43.0 Å². The number of piperidine rings is 1. The molecule has 0 aromatic heterocycles. The summed E-state index contributed by atoms with van der Waals surface area (Å²) in [5.74, 6) is -0.218. The third-order valence-corrected chi connectivity index (χ3v) is 5.41. The Kier molecular flexibility index (Phi) is 6.90. The first-order chi connectivity index (χ1) is 13.6. The molecular weight excluding hydrogens is 358 g/mol. The van der Waals surface area contributed by atoms with Crippen molar-refractivity contribution >= 4 is 23.5 Å². The number of carbonyl (C=O) groups is 3. The lowest BCUT2D eigenvalue weighted by atomic mass is 9.97. The van der Waals surface area contributed by atoms with E-state index in [1.807, 2.05) is 23.1 Å². The van der Waals surface area contributed by atoms with E-state index >= 15 is 0 Å². The van der Waals surface area contributed by atoms with Gasteiger partial charge in [0.05, 0.1) is 19.1 Å². The van der Waals surface area contributed by atoms with Crippen LogP contribution in [0.5, 0.6) is 0 Å². The topological polar surface area (TPSA) is 79.0 Å². The van der Waals surface area contributed by atoms with Gasteiger partial charge in [-0.05, 0) is 50.8 Å². The maximum absolute atomic E-state index is 12.5. The van der Waals surface area contributed by atoms with Gasteiger partial charge in [-0.1, -0.05) is 6.07 Å². The summed E-state index contributed by atoms with van der Waals surface area (Å²) in [6.07, 6.45) is 3.41. The molecule has 2 fully saturated rings. The first-order valence-corrected chi connectivity index (χ1v) is 10.2. The molecule has 2 aliphatic heterocycles. The van der Waals surface area contributed by atoms with Crippen LogP contribution in [0, 0.1) is 5.92 Å². The number of ether oxygens (including phenoxy) is 1. The minimum Gasteiger partial charge on any atom is -0.466 e. The van der Waals surface area contributed by atoms with Crippen LogP contribution in [-0.2, 0) is 14.3 Å². The summed E-state index contributed by atoms with van der Waals surface area (Å²) >= 11 is 0. The van der Waals surface area contributed by atoms with E-state index in [1.165, 1.54) is 0 Å². The number of hydrogen-bond acceptors (Lipinski definition) is 5. The van der Waals surface area contributed by atoms with Gasteiger partial charge in [-0.25, -0.2) is 0 Å². The quantitative estimate of drug-likeness (QED) is 0.757. The fourth-order valence-electron chi connectivity index (χ4n) is 3.78. The Bertz CT molecular complexity index is 707. The maximum atomic E-state index is 12.5. The molecule has 7 heteroatoms. The van der Waals surface area contributed by atoms with Crippen LogP contribution >= 0.6 is 0 Å². The van der Waals surface area contributed by atoms with E-state index in [0.717, 1.165) is 31.6 Å². The molecule has 7 nitrogen and oxygen atoms in total. The van der Waals surface area contributed by atoms with Gasteiger partial charge in [0.15, 0.2) is 0 Å². The standard InChI is InChI=1S/C21H29N3O4/c1-2-28-21(27)16-8-12-23(13-9-16)19(25)15-22-18-7-5-6-17(14-18)20(26)24-10-3-4-11-24/h5-7,14,16,22H,2-4,8-13,15H2,1H3.